The van der Waals surface area contributed by atoms with Crippen molar-refractivity contribution in [2.24, 2.45) is 5.92 Å². The van der Waals surface area contributed by atoms with E-state index >= 15 is 0 Å². The van der Waals surface area contributed by atoms with E-state index in [1.54, 1.807) is 5.38 Å². The van der Waals surface area contributed by atoms with E-state index in [4.69, 9.17) is 0 Å². The van der Waals surface area contributed by atoms with Crippen molar-refractivity contribution < 1.29 is 27.9 Å². The number of rotatable bonds is 5. The van der Waals surface area contributed by atoms with E-state index in [1.807, 2.05) is 26.8 Å². The van der Waals surface area contributed by atoms with Gasteiger partial charge in [0.25, 0.3) is 5.91 Å². The zero-order chi connectivity index (χ0) is 21.5. The Hall–Kier alpha value is -2.61. The maximum Gasteiger partial charge on any atom is 0.416 e. The Balaban J connectivity index is 2.10. The average Bonchev–Trinajstić information content (AvgIpc) is 3.15. The number of nitrogens with zero attached hydrogens (tertiary/aromatic N) is 1. The monoisotopic (exact) mass is 423 g/mol. The van der Waals surface area contributed by atoms with Gasteiger partial charge in [-0.05, 0) is 54.1 Å². The molecule has 1 unspecified atom stereocenters. The first-order chi connectivity index (χ1) is 13.5. The molecule has 1 aliphatic rings. The van der Waals surface area contributed by atoms with E-state index in [9.17, 15) is 27.9 Å². The van der Waals surface area contributed by atoms with E-state index in [0.717, 1.165) is 17.7 Å². The third-order valence-corrected chi connectivity index (χ3v) is 5.80. The number of carbonyl (C=O) groups is 2. The van der Waals surface area contributed by atoms with Crippen molar-refractivity contribution in [3.8, 4) is 0 Å². The van der Waals surface area contributed by atoms with Crippen LogP contribution < -0.4 is 4.90 Å². The smallest absolute Gasteiger partial charge is 0.416 e. The third kappa shape index (κ3) is 3.94. The SMILES string of the molecule is Cc1ccsc1C1C(C(=O)CC(C)C)=C(O)C(=O)N1c1ccc(C(F)(F)F)cc1. The number of benzene rings is 1. The van der Waals surface area contributed by atoms with E-state index in [1.165, 1.54) is 28.4 Å². The number of Topliss-reactive ketones (excluding diaryl/α,β-unsaturated/α-hetero) is 1. The predicted molar refractivity (Wildman–Crippen MR) is 105 cm³/mol. The summed E-state index contributed by atoms with van der Waals surface area (Å²) in [6.07, 6.45) is -4.36. The molecule has 0 bridgehead atoms. The summed E-state index contributed by atoms with van der Waals surface area (Å²) in [5.74, 6) is -1.77. The van der Waals surface area contributed by atoms with Crippen LogP contribution in [0.2, 0.25) is 0 Å². The standard InChI is InChI=1S/C21H20F3NO3S/c1-11(2)10-15(26)16-17(19-12(3)8-9-29-19)25(20(28)18(16)27)14-6-4-13(5-7-14)21(22,23)24/h4-9,11,17,27H,10H2,1-3H3. The lowest BCUT2D eigenvalue weighted by Crippen LogP contribution is -2.31. The number of halogens is 3. The molecule has 1 aliphatic heterocycles. The van der Waals surface area contributed by atoms with E-state index < -0.39 is 29.4 Å². The topological polar surface area (TPSA) is 57.6 Å². The van der Waals surface area contributed by atoms with Crippen LogP contribution in [0.15, 0.2) is 47.0 Å². The molecule has 154 valence electrons. The number of aliphatic hydroxyl groups excluding tert-OH is 1. The lowest BCUT2D eigenvalue weighted by molar-refractivity contribution is -0.137. The quantitative estimate of drug-likeness (QED) is 0.682. The Morgan fingerprint density at radius 2 is 1.83 bits per heavy atom. The summed E-state index contributed by atoms with van der Waals surface area (Å²) in [5, 5.41) is 12.3. The van der Waals surface area contributed by atoms with Crippen LogP contribution >= 0.6 is 11.3 Å². The van der Waals surface area contributed by atoms with Gasteiger partial charge in [-0.15, -0.1) is 11.3 Å². The summed E-state index contributed by atoms with van der Waals surface area (Å²) in [6, 6.07) is 5.08. The van der Waals surface area contributed by atoms with Crippen molar-refractivity contribution in [3.05, 3.63) is 63.0 Å². The van der Waals surface area contributed by atoms with Crippen molar-refractivity contribution >= 4 is 28.7 Å². The second kappa shape index (κ2) is 7.67. The Kier molecular flexibility index (Phi) is 5.58. The number of aryl methyl sites for hydroxylation is 1. The zero-order valence-electron chi connectivity index (χ0n) is 16.1. The number of hydrogen-bond donors (Lipinski definition) is 1. The van der Waals surface area contributed by atoms with Gasteiger partial charge in [0.05, 0.1) is 11.1 Å². The molecule has 0 spiro atoms. The van der Waals surface area contributed by atoms with Crippen molar-refractivity contribution in [1.82, 2.24) is 0 Å². The van der Waals surface area contributed by atoms with E-state index in [-0.39, 0.29) is 29.4 Å². The molecule has 1 aromatic heterocycles. The normalized spacial score (nSPS) is 17.6. The van der Waals surface area contributed by atoms with Crippen LogP contribution in [-0.2, 0) is 15.8 Å². The molecule has 0 saturated heterocycles. The van der Waals surface area contributed by atoms with Gasteiger partial charge in [-0.1, -0.05) is 13.8 Å². The molecule has 8 heteroatoms. The summed E-state index contributed by atoms with van der Waals surface area (Å²) >= 11 is 1.33. The minimum Gasteiger partial charge on any atom is -0.503 e. The first kappa shape index (κ1) is 21.1. The van der Waals surface area contributed by atoms with Crippen LogP contribution in [0.4, 0.5) is 18.9 Å². The molecule has 0 fully saturated rings. The highest BCUT2D eigenvalue weighted by Crippen LogP contribution is 2.44. The lowest BCUT2D eigenvalue weighted by Gasteiger charge is -2.27. The largest absolute Gasteiger partial charge is 0.503 e. The highest BCUT2D eigenvalue weighted by Gasteiger charge is 2.45. The predicted octanol–water partition coefficient (Wildman–Crippen LogP) is 5.59. The first-order valence-electron chi connectivity index (χ1n) is 9.03. The van der Waals surface area contributed by atoms with E-state index in [0.29, 0.717) is 4.88 Å². The summed E-state index contributed by atoms with van der Waals surface area (Å²) in [5.41, 5.74) is 0.160. The van der Waals surface area contributed by atoms with Crippen LogP contribution in [0.3, 0.4) is 0 Å². The second-order valence-electron chi connectivity index (χ2n) is 7.37. The fourth-order valence-corrected chi connectivity index (χ4v) is 4.39. The number of alkyl halides is 3. The summed E-state index contributed by atoms with van der Waals surface area (Å²) in [7, 11) is 0. The molecule has 3 rings (SSSR count). The van der Waals surface area contributed by atoms with Gasteiger partial charge >= 0.3 is 6.18 Å². The number of amides is 1. The molecule has 1 N–H and O–H groups in total. The number of carbonyl (C=O) groups excluding carboxylic acids is 2. The minimum atomic E-state index is -4.50. The van der Waals surface area contributed by atoms with Crippen LogP contribution in [0.5, 0.6) is 0 Å². The van der Waals surface area contributed by atoms with Gasteiger partial charge in [0.1, 0.15) is 6.04 Å². The first-order valence-corrected chi connectivity index (χ1v) is 9.91. The van der Waals surface area contributed by atoms with Crippen LogP contribution in [-0.4, -0.2) is 16.8 Å². The van der Waals surface area contributed by atoms with Gasteiger partial charge in [0.15, 0.2) is 11.5 Å². The van der Waals surface area contributed by atoms with Crippen molar-refractivity contribution in [1.29, 1.82) is 0 Å². The zero-order valence-corrected chi connectivity index (χ0v) is 16.9. The number of thiophene rings is 1. The molecule has 1 atom stereocenters. The lowest BCUT2D eigenvalue weighted by atomic mass is 9.94. The highest BCUT2D eigenvalue weighted by atomic mass is 32.1. The average molecular weight is 423 g/mol. The third-order valence-electron chi connectivity index (χ3n) is 4.73. The van der Waals surface area contributed by atoms with Gasteiger partial charge in [0.2, 0.25) is 0 Å². The fraction of sp³-hybridized carbons (Fsp3) is 0.333. The molecular formula is C21H20F3NO3S. The van der Waals surface area contributed by atoms with Gasteiger partial charge in [0, 0.05) is 17.0 Å². The maximum atomic E-state index is 12.9. The summed E-state index contributed by atoms with van der Waals surface area (Å²) < 4.78 is 38.7. The molecule has 1 amide bonds. The maximum absolute atomic E-state index is 12.9. The Labute approximate surface area is 170 Å². The molecule has 29 heavy (non-hydrogen) atoms. The molecule has 2 heterocycles. The van der Waals surface area contributed by atoms with Crippen LogP contribution in [0.1, 0.15) is 42.3 Å². The summed E-state index contributed by atoms with van der Waals surface area (Å²) in [6.45, 7) is 5.53. The highest BCUT2D eigenvalue weighted by molar-refractivity contribution is 7.10. The van der Waals surface area contributed by atoms with Crippen LogP contribution in [0, 0.1) is 12.8 Å². The Morgan fingerprint density at radius 3 is 2.31 bits per heavy atom. The number of anilines is 1. The van der Waals surface area contributed by atoms with Gasteiger partial charge < -0.3 is 5.11 Å². The molecule has 2 aromatic rings. The molecule has 0 radical (unpaired) electrons. The molecule has 0 aliphatic carbocycles. The Morgan fingerprint density at radius 1 is 1.21 bits per heavy atom. The van der Waals surface area contributed by atoms with E-state index in [2.05, 4.69) is 0 Å². The number of aliphatic hydroxyl groups is 1. The molecule has 4 nitrogen and oxygen atoms in total. The van der Waals surface area contributed by atoms with Gasteiger partial charge in [-0.3, -0.25) is 14.5 Å². The van der Waals surface area contributed by atoms with Crippen LogP contribution in [0.25, 0.3) is 0 Å². The fourth-order valence-electron chi connectivity index (χ4n) is 3.36. The van der Waals surface area contributed by atoms with Crippen molar-refractivity contribution in [2.75, 3.05) is 4.90 Å². The Bertz CT molecular complexity index is 974. The van der Waals surface area contributed by atoms with Gasteiger partial charge in [-0.25, -0.2) is 0 Å². The molecule has 1 aromatic carbocycles. The molecular weight excluding hydrogens is 403 g/mol. The second-order valence-corrected chi connectivity index (χ2v) is 8.32. The minimum absolute atomic E-state index is 0.00542. The van der Waals surface area contributed by atoms with Gasteiger partial charge in [-0.2, -0.15) is 13.2 Å². The number of ketones is 1. The van der Waals surface area contributed by atoms with Crippen molar-refractivity contribution in [3.63, 3.8) is 0 Å². The molecule has 0 saturated carbocycles. The van der Waals surface area contributed by atoms with Crippen molar-refractivity contribution in [2.45, 2.75) is 39.4 Å². The summed E-state index contributed by atoms with van der Waals surface area (Å²) in [4.78, 5) is 27.6. The number of hydrogen-bond acceptors (Lipinski definition) is 4.